The number of ether oxygens (including phenoxy) is 2. The SMILES string of the molecule is Cc1ncsc1-c1ccc([C@H](C)NC(=O)[C@@H]2C[C@@H](O[Si](C)(C)C(C)(C)C)CN2C(=O)[C@@H](c2cc(OCCN3CCC(CN4CCN5c6cc(-c7ccccc7OCc7ccc(NC(=O)[C@@H](CCCNC(N)=O)C8CCC8(C(N)=O)C(=O)NCCCCCN8C(=O)C=CC8=O)cc7)nnc6NC[C@H]5C4)CC3)no2)C(C)C)cc1. The molecule has 12 rings (SSSR count). The van der Waals surface area contributed by atoms with E-state index in [4.69, 9.17) is 35.0 Å². The third-order valence-electron chi connectivity index (χ3n) is 23.8. The number of nitrogens with one attached hydrogen (secondary N) is 5. The number of piperazine rings is 1. The maximum Gasteiger partial charge on any atom is 0.312 e. The molecule has 8 atom stereocenters. The van der Waals surface area contributed by atoms with Crippen LogP contribution in [0.1, 0.15) is 140 Å². The van der Waals surface area contributed by atoms with Gasteiger partial charge in [0.2, 0.25) is 29.5 Å². The number of fused-ring (bicyclic) bond motifs is 3. The zero-order valence-electron chi connectivity index (χ0n) is 66.0. The molecule has 3 aromatic heterocycles. The third-order valence-corrected chi connectivity index (χ3v) is 29.4. The Morgan fingerprint density at radius 2 is 1.56 bits per heavy atom. The second-order valence-corrected chi connectivity index (χ2v) is 38.3. The number of likely N-dealkylation sites (tertiary alicyclic amines) is 2. The molecule has 6 aliphatic rings. The Morgan fingerprint density at radius 3 is 2.25 bits per heavy atom. The molecule has 0 bridgehead atoms. The molecule has 4 fully saturated rings. The van der Waals surface area contributed by atoms with Crippen LogP contribution >= 0.6 is 11.3 Å². The van der Waals surface area contributed by atoms with E-state index >= 15 is 4.79 Å². The van der Waals surface area contributed by atoms with E-state index in [1.165, 1.54) is 17.1 Å². The van der Waals surface area contributed by atoms with Crippen LogP contribution in [0.5, 0.6) is 11.6 Å². The number of nitrogens with zero attached hydrogens (tertiary/aromatic N) is 9. The van der Waals surface area contributed by atoms with Crippen molar-refractivity contribution >= 4 is 84.2 Å². The smallest absolute Gasteiger partial charge is 0.312 e. The minimum Gasteiger partial charge on any atom is -0.488 e. The van der Waals surface area contributed by atoms with Crippen LogP contribution in [0.25, 0.3) is 21.7 Å². The maximum atomic E-state index is 15.0. The van der Waals surface area contributed by atoms with Crippen molar-refractivity contribution in [3.63, 3.8) is 0 Å². The van der Waals surface area contributed by atoms with Gasteiger partial charge in [-0.3, -0.25) is 48.3 Å². The van der Waals surface area contributed by atoms with Crippen molar-refractivity contribution in [2.45, 2.75) is 168 Å². The van der Waals surface area contributed by atoms with E-state index in [1.807, 2.05) is 81.7 Å². The molecule has 9 amide bonds. The summed E-state index contributed by atoms with van der Waals surface area (Å²) in [6, 6.07) is 25.5. The number of anilines is 3. The fourth-order valence-corrected chi connectivity index (χ4v) is 18.5. The van der Waals surface area contributed by atoms with Crippen molar-refractivity contribution in [2.24, 2.45) is 40.6 Å². The second kappa shape index (κ2) is 36.0. The first-order chi connectivity index (χ1) is 53.6. The zero-order chi connectivity index (χ0) is 79.6. The largest absolute Gasteiger partial charge is 0.488 e. The minimum atomic E-state index is -2.27. The molecule has 0 spiro atoms. The summed E-state index contributed by atoms with van der Waals surface area (Å²) in [6.45, 7) is 27.6. The van der Waals surface area contributed by atoms with Crippen LogP contribution in [0.4, 0.5) is 22.0 Å². The van der Waals surface area contributed by atoms with Crippen LogP contribution in [0, 0.1) is 36.0 Å². The number of thiazole rings is 1. The Kier molecular flexibility index (Phi) is 26.3. The van der Waals surface area contributed by atoms with Crippen LogP contribution in [-0.2, 0) is 44.6 Å². The number of nitrogens with two attached hydrogens (primary N) is 2. The number of rotatable bonds is 34. The highest BCUT2D eigenvalue weighted by Crippen LogP contribution is 2.52. The number of primary amides is 2. The summed E-state index contributed by atoms with van der Waals surface area (Å²) in [6.07, 6.45) is 7.54. The molecule has 600 valence electrons. The molecule has 6 aromatic rings. The van der Waals surface area contributed by atoms with Crippen LogP contribution in [0.2, 0.25) is 18.1 Å². The predicted octanol–water partition coefficient (Wildman–Crippen LogP) is 9.55. The number of carbonyl (C=O) groups is 8. The number of piperidine rings is 1. The number of aromatic nitrogens is 4. The Labute approximate surface area is 660 Å². The fourth-order valence-electron chi connectivity index (χ4n) is 16.3. The zero-order valence-corrected chi connectivity index (χ0v) is 67.8. The quantitative estimate of drug-likeness (QED) is 0.00855. The Bertz CT molecular complexity index is 4350. The van der Waals surface area contributed by atoms with Gasteiger partial charge >= 0.3 is 6.03 Å². The molecule has 0 radical (unpaired) electrons. The summed E-state index contributed by atoms with van der Waals surface area (Å²) in [4.78, 5) is 122. The van der Waals surface area contributed by atoms with Gasteiger partial charge in [-0.2, -0.15) is 0 Å². The molecule has 2 unspecified atom stereocenters. The van der Waals surface area contributed by atoms with Gasteiger partial charge in [0.05, 0.1) is 45.7 Å². The number of amides is 9. The van der Waals surface area contributed by atoms with E-state index in [0.717, 1.165) is 110 Å². The monoisotopic (exact) mass is 1570 g/mol. The fraction of sp³-hybridized carbons (Fsp3) is 0.537. The van der Waals surface area contributed by atoms with Gasteiger partial charge in [0, 0.05) is 107 Å². The van der Waals surface area contributed by atoms with Crippen molar-refractivity contribution in [3.8, 4) is 33.3 Å². The van der Waals surface area contributed by atoms with Crippen molar-refractivity contribution in [2.75, 3.05) is 101 Å². The topological polar surface area (TPSA) is 357 Å². The molecule has 30 heteroatoms. The van der Waals surface area contributed by atoms with E-state index in [9.17, 15) is 33.6 Å². The van der Waals surface area contributed by atoms with E-state index < -0.39 is 61.3 Å². The summed E-state index contributed by atoms with van der Waals surface area (Å²) in [5.74, 6) is -2.63. The summed E-state index contributed by atoms with van der Waals surface area (Å²) in [7, 11) is -2.27. The molecule has 9 N–H and O–H groups in total. The van der Waals surface area contributed by atoms with Gasteiger partial charge in [-0.15, -0.1) is 21.5 Å². The van der Waals surface area contributed by atoms with Crippen molar-refractivity contribution < 1.29 is 56.8 Å². The van der Waals surface area contributed by atoms with Gasteiger partial charge in [-0.25, -0.2) is 9.78 Å². The predicted molar refractivity (Wildman–Crippen MR) is 430 cm³/mol. The highest BCUT2D eigenvalue weighted by Gasteiger charge is 2.61. The molecule has 3 aromatic carbocycles. The molecule has 5 aliphatic heterocycles. The Hall–Kier alpha value is -9.62. The molecule has 28 nitrogen and oxygen atoms in total. The highest BCUT2D eigenvalue weighted by atomic mass is 32.1. The van der Waals surface area contributed by atoms with E-state index in [-0.39, 0.29) is 91.9 Å². The molecule has 3 saturated heterocycles. The number of aryl methyl sites for hydroxylation is 1. The summed E-state index contributed by atoms with van der Waals surface area (Å²) in [5.41, 5.74) is 18.4. The standard InChI is InChI=1S/C82H110N16O12SSi/c1-51(2)72(77(103)98-48-60(110-112(8,9)81(5,6)7)42-66(98)76(102)89-52(3)56-21-23-57(24-22-56)73-53(4)88-50-111-73)68-44-69(93-109-68)107-41-40-94-36-30-54(31-37-94)46-95-38-39-96-59(47-95)45-87-74-65(96)43-64(91-92-74)62-16-11-12-18-67(62)108-49-55-19-25-58(26-20-55)90-75(101)61(17-15-34-86-80(84)106)63-29-32-82(63,78(83)104)79(105)85-33-13-10-14-35-97-70(99)27-28-71(97)100/h11-12,16,18-28,43-44,50-52,54,59-61,63,66,72H,10,13-15,17,29-42,45-49H2,1-9H3,(H2,83,104)(H,85,105)(H,87,92)(H,89,102)(H,90,101)(H3,84,86,106)/t52-,59-,60+,61-,63?,66-,72+,82?/m0/s1. The first-order valence-electron chi connectivity index (χ1n) is 39.6. The van der Waals surface area contributed by atoms with Crippen LogP contribution < -0.4 is 52.4 Å². The van der Waals surface area contributed by atoms with Gasteiger partial charge < -0.3 is 66.3 Å². The molecule has 1 saturated carbocycles. The number of hydrogen-bond donors (Lipinski definition) is 7. The number of unbranched alkanes of at least 4 members (excludes halogenated alkanes) is 2. The Balaban J connectivity index is 0.593. The van der Waals surface area contributed by atoms with E-state index in [2.05, 4.69) is 109 Å². The van der Waals surface area contributed by atoms with Crippen molar-refractivity contribution in [1.29, 1.82) is 0 Å². The summed E-state index contributed by atoms with van der Waals surface area (Å²) >= 11 is 1.60. The van der Waals surface area contributed by atoms with Crippen LogP contribution in [-0.4, -0.2) is 199 Å². The third kappa shape index (κ3) is 19.2. The normalized spacial score (nSPS) is 21.0. The van der Waals surface area contributed by atoms with Gasteiger partial charge in [0.25, 0.3) is 17.7 Å². The lowest BCUT2D eigenvalue weighted by Gasteiger charge is -2.48. The lowest BCUT2D eigenvalue weighted by Crippen LogP contribution is -2.62. The van der Waals surface area contributed by atoms with Crippen LogP contribution in [0.15, 0.2) is 107 Å². The molecule has 1 aliphatic carbocycles. The minimum absolute atomic E-state index is 0.0646. The first kappa shape index (κ1) is 81.9. The first-order valence-corrected chi connectivity index (χ1v) is 43.4. The van der Waals surface area contributed by atoms with Crippen molar-refractivity contribution in [3.05, 3.63) is 125 Å². The van der Waals surface area contributed by atoms with Gasteiger partial charge in [-0.05, 0) is 173 Å². The number of para-hydroxylation sites is 1. The number of imide groups is 1. The Morgan fingerprint density at radius 1 is 0.821 bits per heavy atom. The van der Waals surface area contributed by atoms with Crippen LogP contribution in [0.3, 0.4) is 0 Å². The van der Waals surface area contributed by atoms with Gasteiger partial charge in [-0.1, -0.05) is 83.1 Å². The number of carbonyl (C=O) groups excluding carboxylic acids is 8. The summed E-state index contributed by atoms with van der Waals surface area (Å²) in [5, 5.41) is 28.9. The van der Waals surface area contributed by atoms with Gasteiger partial charge in [0.1, 0.15) is 36.3 Å². The molecular weight excluding hydrogens is 1460 g/mol. The highest BCUT2D eigenvalue weighted by molar-refractivity contribution is 7.13. The van der Waals surface area contributed by atoms with E-state index in [0.29, 0.717) is 86.4 Å². The average Bonchev–Trinajstić information content (AvgIpc) is 0.910. The second-order valence-electron chi connectivity index (χ2n) is 32.7. The number of hydrogen-bond acceptors (Lipinski definition) is 21. The lowest BCUT2D eigenvalue weighted by molar-refractivity contribution is -0.159. The summed E-state index contributed by atoms with van der Waals surface area (Å²) < 4.78 is 25.6. The number of benzene rings is 3. The van der Waals surface area contributed by atoms with Gasteiger partial charge in [0.15, 0.2) is 19.9 Å². The molecular formula is C82H110N16O12SSi. The maximum absolute atomic E-state index is 15.0. The van der Waals surface area contributed by atoms with E-state index in [1.54, 1.807) is 34.4 Å². The average molecular weight is 1570 g/mol. The molecule has 8 heterocycles. The molecule has 112 heavy (non-hydrogen) atoms. The lowest BCUT2D eigenvalue weighted by atomic mass is 9.53. The van der Waals surface area contributed by atoms with Crippen molar-refractivity contribution in [1.82, 2.24) is 55.9 Å². The number of urea groups is 1.